The van der Waals surface area contributed by atoms with Gasteiger partial charge in [0.2, 0.25) is 0 Å². The molecule has 152 valence electrons. The standard InChI is InChI=1S/C22H24Cl2N4S/c23-18-3-1-4-19(24)16(18)8-13-27-11-6-15(7-12-27)21-25-26-22-17-9-14-29-20(17)5-2-10-28(21)22/h1,3-4,9,14-15H,2,5-8,10-13H2. The van der Waals surface area contributed by atoms with Crippen molar-refractivity contribution in [3.63, 3.8) is 0 Å². The van der Waals surface area contributed by atoms with Crippen molar-refractivity contribution in [2.24, 2.45) is 0 Å². The SMILES string of the molecule is Clc1cccc(Cl)c1CCN1CCC(c2nnc3n2CCCc2sccc2-3)CC1. The number of rotatable bonds is 4. The molecule has 0 saturated carbocycles. The zero-order valence-corrected chi connectivity index (χ0v) is 18.6. The molecule has 0 unspecified atom stereocenters. The zero-order chi connectivity index (χ0) is 19.8. The predicted octanol–water partition coefficient (Wildman–Crippen LogP) is 5.68. The maximum Gasteiger partial charge on any atom is 0.165 e. The van der Waals surface area contributed by atoms with E-state index in [9.17, 15) is 0 Å². The average Bonchev–Trinajstić information content (AvgIpc) is 3.32. The van der Waals surface area contributed by atoms with E-state index in [2.05, 4.69) is 31.1 Å². The van der Waals surface area contributed by atoms with Crippen LogP contribution >= 0.6 is 34.5 Å². The number of nitrogens with zero attached hydrogens (tertiary/aromatic N) is 4. The van der Waals surface area contributed by atoms with Crippen LogP contribution in [0, 0.1) is 0 Å². The molecule has 1 aromatic carbocycles. The fraction of sp³-hybridized carbons (Fsp3) is 0.455. The van der Waals surface area contributed by atoms with Crippen molar-refractivity contribution in [2.75, 3.05) is 19.6 Å². The molecule has 0 aliphatic carbocycles. The molecular weight excluding hydrogens is 423 g/mol. The lowest BCUT2D eigenvalue weighted by atomic mass is 9.95. The van der Waals surface area contributed by atoms with E-state index in [0.717, 1.165) is 73.3 Å². The zero-order valence-electron chi connectivity index (χ0n) is 16.3. The molecule has 0 bridgehead atoms. The Morgan fingerprint density at radius 2 is 1.83 bits per heavy atom. The van der Waals surface area contributed by atoms with Gasteiger partial charge >= 0.3 is 0 Å². The van der Waals surface area contributed by atoms with Crippen molar-refractivity contribution in [3.05, 3.63) is 56.0 Å². The summed E-state index contributed by atoms with van der Waals surface area (Å²) in [5.41, 5.74) is 2.35. The Morgan fingerprint density at radius 3 is 2.62 bits per heavy atom. The summed E-state index contributed by atoms with van der Waals surface area (Å²) >= 11 is 14.5. The first-order valence-electron chi connectivity index (χ1n) is 10.4. The molecule has 0 atom stereocenters. The lowest BCUT2D eigenvalue weighted by molar-refractivity contribution is 0.209. The molecule has 7 heteroatoms. The molecule has 2 aromatic heterocycles. The number of benzene rings is 1. The van der Waals surface area contributed by atoms with Crippen LogP contribution in [0.15, 0.2) is 29.6 Å². The smallest absolute Gasteiger partial charge is 0.165 e. The molecule has 3 aromatic rings. The highest BCUT2D eigenvalue weighted by Crippen LogP contribution is 2.35. The molecule has 0 N–H and O–H groups in total. The van der Waals surface area contributed by atoms with Crippen LogP contribution in [-0.4, -0.2) is 39.3 Å². The largest absolute Gasteiger partial charge is 0.311 e. The van der Waals surface area contributed by atoms with Crippen molar-refractivity contribution in [1.29, 1.82) is 0 Å². The van der Waals surface area contributed by atoms with E-state index in [1.807, 2.05) is 29.5 Å². The molecule has 4 heterocycles. The molecular formula is C22H24Cl2N4S. The minimum atomic E-state index is 0.497. The highest BCUT2D eigenvalue weighted by molar-refractivity contribution is 7.10. The van der Waals surface area contributed by atoms with Gasteiger partial charge in [-0.15, -0.1) is 21.5 Å². The Bertz CT molecular complexity index is 984. The van der Waals surface area contributed by atoms with E-state index in [-0.39, 0.29) is 0 Å². The number of halogens is 2. The van der Waals surface area contributed by atoms with E-state index in [0.29, 0.717) is 5.92 Å². The van der Waals surface area contributed by atoms with Crippen LogP contribution in [-0.2, 0) is 19.4 Å². The molecule has 2 aliphatic heterocycles. The first-order valence-corrected chi connectivity index (χ1v) is 12.0. The van der Waals surface area contributed by atoms with E-state index in [4.69, 9.17) is 23.2 Å². The first kappa shape index (κ1) is 19.6. The van der Waals surface area contributed by atoms with Gasteiger partial charge in [0.05, 0.1) is 0 Å². The summed E-state index contributed by atoms with van der Waals surface area (Å²) in [5.74, 6) is 2.76. The van der Waals surface area contributed by atoms with Gasteiger partial charge in [-0.1, -0.05) is 29.3 Å². The molecule has 2 aliphatic rings. The van der Waals surface area contributed by atoms with E-state index < -0.39 is 0 Å². The van der Waals surface area contributed by atoms with Gasteiger partial charge in [0.15, 0.2) is 5.82 Å². The van der Waals surface area contributed by atoms with Crippen molar-refractivity contribution >= 4 is 34.5 Å². The summed E-state index contributed by atoms with van der Waals surface area (Å²) in [6, 6.07) is 7.95. The lowest BCUT2D eigenvalue weighted by Gasteiger charge is -2.31. The molecule has 1 fully saturated rings. The molecule has 0 radical (unpaired) electrons. The van der Waals surface area contributed by atoms with Gasteiger partial charge in [-0.2, -0.15) is 0 Å². The van der Waals surface area contributed by atoms with Crippen LogP contribution in [0.1, 0.15) is 41.4 Å². The number of fused-ring (bicyclic) bond motifs is 3. The Kier molecular flexibility index (Phi) is 5.65. The maximum absolute atomic E-state index is 6.33. The number of piperidine rings is 1. The molecule has 5 rings (SSSR count). The minimum absolute atomic E-state index is 0.497. The maximum atomic E-state index is 6.33. The highest BCUT2D eigenvalue weighted by Gasteiger charge is 2.28. The van der Waals surface area contributed by atoms with Crippen LogP contribution in [0.2, 0.25) is 10.0 Å². The van der Waals surface area contributed by atoms with Crippen LogP contribution in [0.25, 0.3) is 11.4 Å². The summed E-state index contributed by atoms with van der Waals surface area (Å²) < 4.78 is 2.39. The Balaban J connectivity index is 1.24. The van der Waals surface area contributed by atoms with Gasteiger partial charge in [0.25, 0.3) is 0 Å². The van der Waals surface area contributed by atoms with E-state index >= 15 is 0 Å². The Labute approximate surface area is 185 Å². The Hall–Kier alpha value is -1.40. The third-order valence-electron chi connectivity index (χ3n) is 6.24. The molecule has 0 spiro atoms. The fourth-order valence-corrected chi connectivity index (χ4v) is 6.13. The summed E-state index contributed by atoms with van der Waals surface area (Å²) in [5, 5.41) is 13.0. The van der Waals surface area contributed by atoms with Crippen molar-refractivity contribution in [2.45, 2.75) is 44.6 Å². The lowest BCUT2D eigenvalue weighted by Crippen LogP contribution is -2.35. The van der Waals surface area contributed by atoms with Gasteiger partial charge in [0.1, 0.15) is 5.82 Å². The molecule has 29 heavy (non-hydrogen) atoms. The molecule has 4 nitrogen and oxygen atoms in total. The second-order valence-corrected chi connectivity index (χ2v) is 9.78. The first-order chi connectivity index (χ1) is 14.2. The molecule has 0 amide bonds. The van der Waals surface area contributed by atoms with Crippen LogP contribution in [0.4, 0.5) is 0 Å². The molecule has 1 saturated heterocycles. The summed E-state index contributed by atoms with van der Waals surface area (Å²) in [7, 11) is 0. The third kappa shape index (κ3) is 3.86. The third-order valence-corrected chi connectivity index (χ3v) is 7.93. The average molecular weight is 447 g/mol. The van der Waals surface area contributed by atoms with Gasteiger partial charge in [-0.25, -0.2) is 0 Å². The quantitative estimate of drug-likeness (QED) is 0.516. The number of aromatic nitrogens is 3. The summed E-state index contributed by atoms with van der Waals surface area (Å²) in [6.07, 6.45) is 5.47. The van der Waals surface area contributed by atoms with Gasteiger partial charge in [0, 0.05) is 39.5 Å². The van der Waals surface area contributed by atoms with Crippen LogP contribution in [0.3, 0.4) is 0 Å². The number of thiophene rings is 1. The van der Waals surface area contributed by atoms with Crippen molar-refractivity contribution in [3.8, 4) is 11.4 Å². The van der Waals surface area contributed by atoms with E-state index in [1.165, 1.54) is 22.7 Å². The minimum Gasteiger partial charge on any atom is -0.311 e. The van der Waals surface area contributed by atoms with E-state index in [1.54, 1.807) is 0 Å². The van der Waals surface area contributed by atoms with Gasteiger partial charge < -0.3 is 9.47 Å². The van der Waals surface area contributed by atoms with Crippen molar-refractivity contribution in [1.82, 2.24) is 19.7 Å². The number of likely N-dealkylation sites (tertiary alicyclic amines) is 1. The monoisotopic (exact) mass is 446 g/mol. The fourth-order valence-electron chi connectivity index (χ4n) is 4.62. The van der Waals surface area contributed by atoms with Crippen LogP contribution < -0.4 is 0 Å². The predicted molar refractivity (Wildman–Crippen MR) is 120 cm³/mol. The second-order valence-electron chi connectivity index (χ2n) is 7.96. The topological polar surface area (TPSA) is 34.0 Å². The highest BCUT2D eigenvalue weighted by atomic mass is 35.5. The number of hydrogen-bond acceptors (Lipinski definition) is 4. The Morgan fingerprint density at radius 1 is 1.03 bits per heavy atom. The van der Waals surface area contributed by atoms with Gasteiger partial charge in [-0.05, 0) is 74.3 Å². The normalized spacial score (nSPS) is 17.7. The second kappa shape index (κ2) is 8.38. The summed E-state index contributed by atoms with van der Waals surface area (Å²) in [4.78, 5) is 3.98. The van der Waals surface area contributed by atoms with Gasteiger partial charge in [-0.3, -0.25) is 0 Å². The van der Waals surface area contributed by atoms with Crippen molar-refractivity contribution < 1.29 is 0 Å². The number of hydrogen-bond donors (Lipinski definition) is 0. The van der Waals surface area contributed by atoms with Crippen LogP contribution in [0.5, 0.6) is 0 Å². The number of aryl methyl sites for hydroxylation is 1. The summed E-state index contributed by atoms with van der Waals surface area (Å²) in [6.45, 7) is 4.19.